The van der Waals surface area contributed by atoms with Crippen LogP contribution in [0.2, 0.25) is 0 Å². The maximum absolute atomic E-state index is 10.9. The molecule has 0 aromatic heterocycles. The lowest BCUT2D eigenvalue weighted by Crippen LogP contribution is -2.13. The zero-order chi connectivity index (χ0) is 9.14. The average Bonchev–Trinajstić information content (AvgIpc) is 2.30. The third kappa shape index (κ3) is 2.21. The fraction of sp³-hybridized carbons (Fsp3) is 0.667. The third-order valence-electron chi connectivity index (χ3n) is 1.93. The van der Waals surface area contributed by atoms with Crippen LogP contribution in [0.25, 0.3) is 0 Å². The van der Waals surface area contributed by atoms with Crippen LogP contribution in [0, 0.1) is 5.92 Å². The van der Waals surface area contributed by atoms with Gasteiger partial charge in [0.2, 0.25) is 0 Å². The maximum Gasteiger partial charge on any atom is 0.306 e. The van der Waals surface area contributed by atoms with E-state index in [1.54, 1.807) is 0 Å². The molecule has 0 unspecified atom stereocenters. The van der Waals surface area contributed by atoms with Crippen LogP contribution in [0.3, 0.4) is 0 Å². The average molecular weight is 280 g/mol. The van der Waals surface area contributed by atoms with Gasteiger partial charge in [0.05, 0.1) is 6.42 Å². The largest absolute Gasteiger partial charge is 0.457 e. The van der Waals surface area contributed by atoms with Gasteiger partial charge < -0.3 is 4.74 Å². The second-order valence-corrected chi connectivity index (χ2v) is 4.33. The second kappa shape index (κ2) is 4.25. The number of ether oxygens (including phenoxy) is 1. The van der Waals surface area contributed by atoms with Crippen LogP contribution in [-0.4, -0.2) is 12.1 Å². The lowest BCUT2D eigenvalue weighted by atomic mass is 10.0. The molecule has 68 valence electrons. The number of carbonyl (C=O) groups excluding carboxylic acids is 1. The molecule has 2 nitrogen and oxygen atoms in total. The van der Waals surface area contributed by atoms with Gasteiger partial charge in [-0.05, 0) is 29.0 Å². The standard InChI is InChI=1S/C9H13IO2/c1-3-4-7(10)9-6(2)5-8(11)12-9/h4,6,9H,3,5H2,1-2H3/b7-4+/t6-,9-/m1/s1. The molecule has 1 saturated heterocycles. The number of hydrogen-bond donors (Lipinski definition) is 0. The Morgan fingerprint density at radius 2 is 2.50 bits per heavy atom. The summed E-state index contributed by atoms with van der Waals surface area (Å²) in [6, 6.07) is 0. The number of hydrogen-bond acceptors (Lipinski definition) is 2. The molecule has 0 amide bonds. The van der Waals surface area contributed by atoms with Crippen molar-refractivity contribution in [1.82, 2.24) is 0 Å². The lowest BCUT2D eigenvalue weighted by Gasteiger charge is -2.12. The Bertz CT molecular complexity index is 211. The van der Waals surface area contributed by atoms with Crippen molar-refractivity contribution >= 4 is 28.6 Å². The topological polar surface area (TPSA) is 26.3 Å². The van der Waals surface area contributed by atoms with Gasteiger partial charge in [-0.1, -0.05) is 19.9 Å². The van der Waals surface area contributed by atoms with E-state index < -0.39 is 0 Å². The highest BCUT2D eigenvalue weighted by Gasteiger charge is 2.32. The minimum atomic E-state index is -0.0637. The number of esters is 1. The first-order valence-corrected chi connectivity index (χ1v) is 5.28. The van der Waals surface area contributed by atoms with Crippen molar-refractivity contribution in [3.05, 3.63) is 9.66 Å². The summed E-state index contributed by atoms with van der Waals surface area (Å²) in [5.41, 5.74) is 0. The minimum absolute atomic E-state index is 0.0260. The molecule has 0 aromatic rings. The summed E-state index contributed by atoms with van der Waals surface area (Å²) in [6.07, 6.45) is 3.70. The number of allylic oxidation sites excluding steroid dienone is 1. The van der Waals surface area contributed by atoms with Crippen LogP contribution in [0.1, 0.15) is 26.7 Å². The zero-order valence-electron chi connectivity index (χ0n) is 7.34. The first kappa shape index (κ1) is 10.0. The molecule has 3 heteroatoms. The summed E-state index contributed by atoms with van der Waals surface area (Å²) in [6.45, 7) is 4.14. The van der Waals surface area contributed by atoms with Crippen molar-refractivity contribution in [1.29, 1.82) is 0 Å². The molecule has 1 rings (SSSR count). The van der Waals surface area contributed by atoms with Crippen molar-refractivity contribution in [3.8, 4) is 0 Å². The number of rotatable bonds is 2. The minimum Gasteiger partial charge on any atom is -0.457 e. The van der Waals surface area contributed by atoms with Crippen LogP contribution >= 0.6 is 22.6 Å². The van der Waals surface area contributed by atoms with Crippen LogP contribution < -0.4 is 0 Å². The van der Waals surface area contributed by atoms with E-state index >= 15 is 0 Å². The maximum atomic E-state index is 10.9. The molecule has 0 saturated carbocycles. The van der Waals surface area contributed by atoms with Gasteiger partial charge in [0, 0.05) is 9.50 Å². The van der Waals surface area contributed by atoms with E-state index in [1.165, 1.54) is 0 Å². The summed E-state index contributed by atoms with van der Waals surface area (Å²) in [7, 11) is 0. The van der Waals surface area contributed by atoms with Gasteiger partial charge in [-0.15, -0.1) is 0 Å². The summed E-state index contributed by atoms with van der Waals surface area (Å²) in [5, 5.41) is 0. The molecule has 1 aliphatic rings. The van der Waals surface area contributed by atoms with Crippen molar-refractivity contribution in [2.75, 3.05) is 0 Å². The lowest BCUT2D eigenvalue weighted by molar-refractivity contribution is -0.140. The van der Waals surface area contributed by atoms with E-state index in [9.17, 15) is 4.79 Å². The van der Waals surface area contributed by atoms with Crippen LogP contribution in [-0.2, 0) is 9.53 Å². The van der Waals surface area contributed by atoms with Gasteiger partial charge in [-0.3, -0.25) is 4.79 Å². The summed E-state index contributed by atoms with van der Waals surface area (Å²) < 4.78 is 6.33. The summed E-state index contributed by atoms with van der Waals surface area (Å²) in [5.74, 6) is 0.276. The van der Waals surface area contributed by atoms with Crippen molar-refractivity contribution in [2.45, 2.75) is 32.8 Å². The Kier molecular flexibility index (Phi) is 3.55. The van der Waals surface area contributed by atoms with E-state index in [0.717, 1.165) is 10.0 Å². The predicted octanol–water partition coefficient (Wildman–Crippen LogP) is 2.67. The van der Waals surface area contributed by atoms with Crippen LogP contribution in [0.5, 0.6) is 0 Å². The quantitative estimate of drug-likeness (QED) is 0.574. The molecule has 0 bridgehead atoms. The van der Waals surface area contributed by atoms with Crippen molar-refractivity contribution in [3.63, 3.8) is 0 Å². The monoisotopic (exact) mass is 280 g/mol. The Balaban J connectivity index is 2.63. The Hall–Kier alpha value is -0.0600. The number of carbonyl (C=O) groups is 1. The molecular weight excluding hydrogens is 267 g/mol. The van der Waals surface area contributed by atoms with E-state index in [2.05, 4.69) is 42.5 Å². The van der Waals surface area contributed by atoms with E-state index in [4.69, 9.17) is 4.74 Å². The summed E-state index contributed by atoms with van der Waals surface area (Å²) in [4.78, 5) is 10.9. The fourth-order valence-corrected chi connectivity index (χ4v) is 2.50. The molecule has 0 aromatic carbocycles. The molecule has 1 fully saturated rings. The highest BCUT2D eigenvalue weighted by atomic mass is 127. The smallest absolute Gasteiger partial charge is 0.306 e. The molecule has 2 atom stereocenters. The van der Waals surface area contributed by atoms with Gasteiger partial charge in [-0.2, -0.15) is 0 Å². The first-order chi connectivity index (χ1) is 5.65. The second-order valence-electron chi connectivity index (χ2n) is 3.09. The highest BCUT2D eigenvalue weighted by molar-refractivity contribution is 14.1. The van der Waals surface area contributed by atoms with E-state index in [0.29, 0.717) is 12.3 Å². The Morgan fingerprint density at radius 1 is 1.83 bits per heavy atom. The zero-order valence-corrected chi connectivity index (χ0v) is 9.50. The molecule has 1 heterocycles. The van der Waals surface area contributed by atoms with Gasteiger partial charge >= 0.3 is 5.97 Å². The Labute approximate surface area is 86.5 Å². The van der Waals surface area contributed by atoms with Gasteiger partial charge in [0.25, 0.3) is 0 Å². The predicted molar refractivity (Wildman–Crippen MR) is 56.1 cm³/mol. The molecule has 0 radical (unpaired) electrons. The van der Waals surface area contributed by atoms with Crippen LogP contribution in [0.15, 0.2) is 9.66 Å². The third-order valence-corrected chi connectivity index (χ3v) is 2.99. The van der Waals surface area contributed by atoms with Crippen molar-refractivity contribution < 1.29 is 9.53 Å². The van der Waals surface area contributed by atoms with Crippen LogP contribution in [0.4, 0.5) is 0 Å². The van der Waals surface area contributed by atoms with Gasteiger partial charge in [0.15, 0.2) is 0 Å². The molecule has 0 N–H and O–H groups in total. The van der Waals surface area contributed by atoms with Gasteiger partial charge in [-0.25, -0.2) is 0 Å². The molecule has 1 aliphatic heterocycles. The normalized spacial score (nSPS) is 30.6. The number of cyclic esters (lactones) is 1. The molecule has 12 heavy (non-hydrogen) atoms. The Morgan fingerprint density at radius 3 is 2.92 bits per heavy atom. The SMILES string of the molecule is CC/C=C(/I)[C@@H]1OC(=O)C[C@H]1C. The number of halogens is 1. The van der Waals surface area contributed by atoms with E-state index in [-0.39, 0.29) is 12.1 Å². The highest BCUT2D eigenvalue weighted by Crippen LogP contribution is 2.30. The van der Waals surface area contributed by atoms with E-state index in [1.807, 2.05) is 0 Å². The fourth-order valence-electron chi connectivity index (χ4n) is 1.32. The van der Waals surface area contributed by atoms with Crippen molar-refractivity contribution in [2.24, 2.45) is 5.92 Å². The molecule has 0 spiro atoms. The molecular formula is C9H13IO2. The first-order valence-electron chi connectivity index (χ1n) is 4.20. The van der Waals surface area contributed by atoms with Gasteiger partial charge in [0.1, 0.15) is 6.10 Å². The summed E-state index contributed by atoms with van der Waals surface area (Å²) >= 11 is 2.25. The molecule has 0 aliphatic carbocycles.